The van der Waals surface area contributed by atoms with Crippen LogP contribution >= 0.6 is 37.2 Å². The number of carbonyl (C=O) groups excluding carboxylic acids is 1. The number of benzene rings is 1. The number of fused-ring (bicyclic) bond motifs is 1. The van der Waals surface area contributed by atoms with E-state index in [1.165, 1.54) is 6.33 Å². The Morgan fingerprint density at radius 1 is 0.933 bits per heavy atom. The van der Waals surface area contributed by atoms with Crippen LogP contribution in [-0.2, 0) is 11.2 Å². The van der Waals surface area contributed by atoms with Crippen LogP contribution in [0.4, 0.5) is 5.82 Å². The van der Waals surface area contributed by atoms with Gasteiger partial charge in [-0.2, -0.15) is 0 Å². The number of nitrogens with two attached hydrogens (primary N) is 1. The van der Waals surface area contributed by atoms with E-state index >= 15 is 0 Å². The lowest BCUT2D eigenvalue weighted by atomic mass is 10.1. The molecule has 4 rings (SSSR count). The van der Waals surface area contributed by atoms with Crippen LogP contribution in [0.3, 0.4) is 0 Å². The Kier molecular flexibility index (Phi) is 10.2. The van der Waals surface area contributed by atoms with Gasteiger partial charge in [0.15, 0.2) is 5.65 Å². The average molecular weight is 472 g/mol. The minimum atomic E-state index is -0.511. The molecular formula is C20H25Cl3N6O. The zero-order valence-electron chi connectivity index (χ0n) is 16.3. The third kappa shape index (κ3) is 5.70. The van der Waals surface area contributed by atoms with Gasteiger partial charge in [-0.05, 0) is 24.1 Å². The third-order valence-electron chi connectivity index (χ3n) is 4.89. The summed E-state index contributed by atoms with van der Waals surface area (Å²) in [7, 11) is 0. The molecule has 1 aliphatic heterocycles. The van der Waals surface area contributed by atoms with Crippen LogP contribution in [0, 0.1) is 0 Å². The predicted molar refractivity (Wildman–Crippen MR) is 126 cm³/mol. The Morgan fingerprint density at radius 2 is 1.63 bits per heavy atom. The molecule has 0 spiro atoms. The van der Waals surface area contributed by atoms with Crippen molar-refractivity contribution in [1.29, 1.82) is 0 Å². The quantitative estimate of drug-likeness (QED) is 0.629. The van der Waals surface area contributed by atoms with Gasteiger partial charge in [-0.25, -0.2) is 15.0 Å². The van der Waals surface area contributed by atoms with Crippen LogP contribution in [0.1, 0.15) is 5.56 Å². The molecule has 2 N–H and O–H groups in total. The first kappa shape index (κ1) is 25.8. The second-order valence-corrected chi connectivity index (χ2v) is 6.68. The largest absolute Gasteiger partial charge is 0.352 e. The predicted octanol–water partition coefficient (Wildman–Crippen LogP) is 2.51. The molecule has 0 bridgehead atoms. The van der Waals surface area contributed by atoms with Gasteiger partial charge in [-0.15, -0.1) is 37.2 Å². The molecule has 1 fully saturated rings. The molecule has 3 heterocycles. The molecule has 7 nitrogen and oxygen atoms in total. The highest BCUT2D eigenvalue weighted by atomic mass is 35.5. The fourth-order valence-electron chi connectivity index (χ4n) is 3.46. The zero-order valence-corrected chi connectivity index (χ0v) is 18.7. The number of carbonyl (C=O) groups is 1. The monoisotopic (exact) mass is 470 g/mol. The van der Waals surface area contributed by atoms with Crippen molar-refractivity contribution in [3.63, 3.8) is 0 Å². The van der Waals surface area contributed by atoms with Gasteiger partial charge in [-0.1, -0.05) is 30.3 Å². The first-order chi connectivity index (χ1) is 13.2. The summed E-state index contributed by atoms with van der Waals surface area (Å²) in [4.78, 5) is 29.7. The van der Waals surface area contributed by atoms with Crippen molar-refractivity contribution in [3.8, 4) is 0 Å². The number of rotatable bonds is 4. The molecule has 1 amide bonds. The van der Waals surface area contributed by atoms with E-state index in [9.17, 15) is 4.79 Å². The summed E-state index contributed by atoms with van der Waals surface area (Å²) in [6, 6.07) is 13.2. The Hall–Kier alpha value is -2.19. The molecule has 10 heteroatoms. The van der Waals surface area contributed by atoms with Crippen molar-refractivity contribution in [3.05, 3.63) is 60.6 Å². The number of halogens is 3. The lowest BCUT2D eigenvalue weighted by molar-refractivity contribution is -0.132. The average Bonchev–Trinajstić information content (AvgIpc) is 2.73. The molecule has 2 aromatic heterocycles. The van der Waals surface area contributed by atoms with Crippen molar-refractivity contribution in [2.75, 3.05) is 31.1 Å². The van der Waals surface area contributed by atoms with Gasteiger partial charge < -0.3 is 15.5 Å². The van der Waals surface area contributed by atoms with Gasteiger partial charge in [0.25, 0.3) is 0 Å². The fourth-order valence-corrected chi connectivity index (χ4v) is 3.46. The first-order valence-corrected chi connectivity index (χ1v) is 9.11. The van der Waals surface area contributed by atoms with Crippen LogP contribution in [0.15, 0.2) is 55.0 Å². The molecular weight excluding hydrogens is 447 g/mol. The maximum absolute atomic E-state index is 12.7. The Balaban J connectivity index is 0.00000150. The SMILES string of the molecule is Cl.Cl.Cl.N[C@H](Cc1ccccc1)C(=O)N1CCN(c2ncnc3ncccc23)CC1. The molecule has 0 unspecified atom stereocenters. The van der Waals surface area contributed by atoms with Crippen LogP contribution in [0.5, 0.6) is 0 Å². The maximum Gasteiger partial charge on any atom is 0.239 e. The molecule has 0 radical (unpaired) electrons. The van der Waals surface area contributed by atoms with E-state index in [2.05, 4.69) is 19.9 Å². The van der Waals surface area contributed by atoms with Crippen LogP contribution in [0.25, 0.3) is 11.0 Å². The molecule has 1 aliphatic rings. The zero-order chi connectivity index (χ0) is 18.6. The van der Waals surface area contributed by atoms with E-state index in [0.717, 1.165) is 16.8 Å². The summed E-state index contributed by atoms with van der Waals surface area (Å²) in [6.07, 6.45) is 3.82. The van der Waals surface area contributed by atoms with Gasteiger partial charge in [0, 0.05) is 32.4 Å². The van der Waals surface area contributed by atoms with E-state index in [-0.39, 0.29) is 43.1 Å². The minimum Gasteiger partial charge on any atom is -0.352 e. The Morgan fingerprint density at radius 3 is 2.33 bits per heavy atom. The fraction of sp³-hybridized carbons (Fsp3) is 0.300. The van der Waals surface area contributed by atoms with Gasteiger partial charge in [0.05, 0.1) is 11.4 Å². The molecule has 0 saturated carbocycles. The van der Waals surface area contributed by atoms with E-state index in [4.69, 9.17) is 5.73 Å². The highest BCUT2D eigenvalue weighted by molar-refractivity contribution is 5.87. The second kappa shape index (κ2) is 11.9. The smallest absolute Gasteiger partial charge is 0.239 e. The normalized spacial score (nSPS) is 14.2. The van der Waals surface area contributed by atoms with Crippen LogP contribution in [-0.4, -0.2) is 58.0 Å². The van der Waals surface area contributed by atoms with Gasteiger partial charge in [0.1, 0.15) is 12.1 Å². The molecule has 0 aliphatic carbocycles. The van der Waals surface area contributed by atoms with E-state index in [1.807, 2.05) is 47.4 Å². The lowest BCUT2D eigenvalue weighted by Gasteiger charge is -2.36. The number of aromatic nitrogens is 3. The Bertz CT molecular complexity index is 933. The summed E-state index contributed by atoms with van der Waals surface area (Å²) in [5.41, 5.74) is 7.93. The van der Waals surface area contributed by atoms with E-state index in [1.54, 1.807) is 6.20 Å². The Labute approximate surface area is 194 Å². The summed E-state index contributed by atoms with van der Waals surface area (Å²) >= 11 is 0. The van der Waals surface area contributed by atoms with Crippen molar-refractivity contribution in [2.45, 2.75) is 12.5 Å². The maximum atomic E-state index is 12.7. The molecule has 1 atom stereocenters. The minimum absolute atomic E-state index is 0. The summed E-state index contributed by atoms with van der Waals surface area (Å²) in [5.74, 6) is 0.876. The van der Waals surface area contributed by atoms with Crippen LogP contribution < -0.4 is 10.6 Å². The number of amides is 1. The molecule has 30 heavy (non-hydrogen) atoms. The highest BCUT2D eigenvalue weighted by Gasteiger charge is 2.26. The van der Waals surface area contributed by atoms with Crippen LogP contribution in [0.2, 0.25) is 0 Å². The van der Waals surface area contributed by atoms with Crippen molar-refractivity contribution >= 4 is 60.0 Å². The molecule has 1 saturated heterocycles. The molecule has 162 valence electrons. The lowest BCUT2D eigenvalue weighted by Crippen LogP contribution is -2.53. The number of hydrogen-bond donors (Lipinski definition) is 1. The van der Waals surface area contributed by atoms with Crippen molar-refractivity contribution < 1.29 is 4.79 Å². The van der Waals surface area contributed by atoms with E-state index in [0.29, 0.717) is 38.2 Å². The van der Waals surface area contributed by atoms with Crippen molar-refractivity contribution in [2.24, 2.45) is 5.73 Å². The first-order valence-electron chi connectivity index (χ1n) is 9.11. The van der Waals surface area contributed by atoms with Crippen molar-refractivity contribution in [1.82, 2.24) is 19.9 Å². The summed E-state index contributed by atoms with van der Waals surface area (Å²) < 4.78 is 0. The molecule has 1 aromatic carbocycles. The second-order valence-electron chi connectivity index (χ2n) is 6.68. The number of pyridine rings is 1. The molecule has 3 aromatic rings. The van der Waals surface area contributed by atoms with Gasteiger partial charge in [-0.3, -0.25) is 4.79 Å². The third-order valence-corrected chi connectivity index (χ3v) is 4.89. The number of hydrogen-bond acceptors (Lipinski definition) is 6. The summed E-state index contributed by atoms with van der Waals surface area (Å²) in [6.45, 7) is 2.69. The number of anilines is 1. The standard InChI is InChI=1S/C20H22N6O.3ClH/c21-17(13-15-5-2-1-3-6-15)20(27)26-11-9-25(10-12-26)19-16-7-4-8-22-18(16)23-14-24-19;;;/h1-8,14,17H,9-13,21H2;3*1H/t17-;;;/m1.../s1. The topological polar surface area (TPSA) is 88.2 Å². The van der Waals surface area contributed by atoms with E-state index < -0.39 is 6.04 Å². The highest BCUT2D eigenvalue weighted by Crippen LogP contribution is 2.22. The summed E-state index contributed by atoms with van der Waals surface area (Å²) in [5, 5.41) is 0.931. The van der Waals surface area contributed by atoms with Gasteiger partial charge >= 0.3 is 0 Å². The number of piperazine rings is 1. The van der Waals surface area contributed by atoms with Gasteiger partial charge in [0.2, 0.25) is 5.91 Å². The number of nitrogens with zero attached hydrogens (tertiary/aromatic N) is 5.